The molecule has 0 radical (unpaired) electrons. The second kappa shape index (κ2) is 9.22. The Balaban J connectivity index is 2.30. The topological polar surface area (TPSA) is 114 Å². The standard InChI is InChI=1S/C18H20F3N3O5S2/c1-5-29-15(25)10(3)22-16(26)24-17-23-9(2)14(30-17)11-6-7-13(31(4,27)28)12(8-11)18(19,20)21/h6-8,10H,5H2,1-4H3,(H2,22,23,24,26). The molecule has 0 fully saturated rings. The second-order valence-corrected chi connectivity index (χ2v) is 9.47. The largest absolute Gasteiger partial charge is 0.464 e. The Morgan fingerprint density at radius 2 is 1.94 bits per heavy atom. The number of rotatable bonds is 6. The smallest absolute Gasteiger partial charge is 0.417 e. The Labute approximate surface area is 180 Å². The van der Waals surface area contributed by atoms with Crippen molar-refractivity contribution in [3.05, 3.63) is 29.5 Å². The maximum Gasteiger partial charge on any atom is 0.417 e. The Bertz CT molecular complexity index is 1100. The second-order valence-electron chi connectivity index (χ2n) is 6.49. The number of aromatic nitrogens is 1. The van der Waals surface area contributed by atoms with Crippen LogP contribution in [0.3, 0.4) is 0 Å². The van der Waals surface area contributed by atoms with Crippen LogP contribution in [0.15, 0.2) is 23.1 Å². The van der Waals surface area contributed by atoms with Crippen LogP contribution in [0.2, 0.25) is 0 Å². The van der Waals surface area contributed by atoms with Crippen molar-refractivity contribution < 1.29 is 35.9 Å². The van der Waals surface area contributed by atoms with Crippen molar-refractivity contribution in [1.82, 2.24) is 10.3 Å². The summed E-state index contributed by atoms with van der Waals surface area (Å²) in [6.07, 6.45) is -4.18. The van der Waals surface area contributed by atoms with Gasteiger partial charge in [-0.25, -0.2) is 23.0 Å². The summed E-state index contributed by atoms with van der Waals surface area (Å²) in [5.41, 5.74) is -0.849. The molecule has 0 bridgehead atoms. The molecule has 170 valence electrons. The zero-order valence-electron chi connectivity index (χ0n) is 17.0. The van der Waals surface area contributed by atoms with E-state index in [2.05, 4.69) is 15.6 Å². The van der Waals surface area contributed by atoms with Crippen LogP contribution in [0.4, 0.5) is 23.1 Å². The molecular formula is C18H20F3N3O5S2. The number of sulfone groups is 1. The maximum atomic E-state index is 13.4. The zero-order chi connectivity index (χ0) is 23.6. The van der Waals surface area contributed by atoms with Gasteiger partial charge in [0.2, 0.25) is 0 Å². The van der Waals surface area contributed by atoms with Gasteiger partial charge in [0, 0.05) is 6.26 Å². The SMILES string of the molecule is CCOC(=O)C(C)NC(=O)Nc1nc(C)c(-c2ccc(S(C)(=O)=O)c(C(F)(F)F)c2)s1. The molecule has 0 saturated carbocycles. The van der Waals surface area contributed by atoms with Crippen molar-refractivity contribution in [2.24, 2.45) is 0 Å². The zero-order valence-corrected chi connectivity index (χ0v) is 18.6. The number of anilines is 1. The lowest BCUT2D eigenvalue weighted by molar-refractivity contribution is -0.144. The molecule has 1 aromatic carbocycles. The highest BCUT2D eigenvalue weighted by atomic mass is 32.2. The molecule has 2 rings (SSSR count). The highest BCUT2D eigenvalue weighted by Gasteiger charge is 2.36. The number of alkyl halides is 3. The highest BCUT2D eigenvalue weighted by molar-refractivity contribution is 7.90. The summed E-state index contributed by atoms with van der Waals surface area (Å²) in [6.45, 7) is 4.74. The number of hydrogen-bond acceptors (Lipinski definition) is 7. The molecule has 13 heteroatoms. The van der Waals surface area contributed by atoms with Gasteiger partial charge in [0.1, 0.15) is 6.04 Å². The van der Waals surface area contributed by atoms with Gasteiger partial charge in [-0.3, -0.25) is 5.32 Å². The minimum atomic E-state index is -4.88. The van der Waals surface area contributed by atoms with Crippen LogP contribution in [0.25, 0.3) is 10.4 Å². The maximum absolute atomic E-state index is 13.4. The summed E-state index contributed by atoms with van der Waals surface area (Å²) in [5.74, 6) is -0.626. The number of hydrogen-bond donors (Lipinski definition) is 2. The van der Waals surface area contributed by atoms with Crippen molar-refractivity contribution in [3.63, 3.8) is 0 Å². The molecule has 0 spiro atoms. The van der Waals surface area contributed by atoms with Gasteiger partial charge >= 0.3 is 18.2 Å². The van der Waals surface area contributed by atoms with Crippen molar-refractivity contribution in [2.45, 2.75) is 37.9 Å². The average molecular weight is 480 g/mol. The lowest BCUT2D eigenvalue weighted by Crippen LogP contribution is -2.41. The van der Waals surface area contributed by atoms with E-state index in [1.54, 1.807) is 6.92 Å². The number of aryl methyl sites for hydroxylation is 1. The van der Waals surface area contributed by atoms with Gasteiger partial charge in [-0.2, -0.15) is 13.2 Å². The number of halogens is 3. The van der Waals surface area contributed by atoms with E-state index in [-0.39, 0.29) is 17.3 Å². The number of nitrogens with one attached hydrogen (secondary N) is 2. The molecule has 0 aliphatic rings. The van der Waals surface area contributed by atoms with Crippen molar-refractivity contribution >= 4 is 38.3 Å². The number of ether oxygens (including phenoxy) is 1. The number of amides is 2. The van der Waals surface area contributed by atoms with Crippen LogP contribution in [0.1, 0.15) is 25.1 Å². The number of nitrogens with zero attached hydrogens (tertiary/aromatic N) is 1. The fourth-order valence-electron chi connectivity index (χ4n) is 2.59. The summed E-state index contributed by atoms with van der Waals surface area (Å²) in [6, 6.07) is 1.22. The van der Waals surface area contributed by atoms with Gasteiger partial charge in [-0.05, 0) is 38.5 Å². The first-order valence-corrected chi connectivity index (χ1v) is 11.6. The summed E-state index contributed by atoms with van der Waals surface area (Å²) in [5, 5.41) is 4.86. The van der Waals surface area contributed by atoms with E-state index in [9.17, 15) is 31.2 Å². The van der Waals surface area contributed by atoms with Gasteiger partial charge in [-0.15, -0.1) is 0 Å². The monoisotopic (exact) mass is 479 g/mol. The number of benzene rings is 1. The molecule has 2 amide bonds. The highest BCUT2D eigenvalue weighted by Crippen LogP contribution is 2.39. The Morgan fingerprint density at radius 3 is 2.48 bits per heavy atom. The van der Waals surface area contributed by atoms with Crippen molar-refractivity contribution in [2.75, 3.05) is 18.2 Å². The van der Waals surface area contributed by atoms with Crippen molar-refractivity contribution in [3.8, 4) is 10.4 Å². The van der Waals surface area contributed by atoms with Gasteiger partial charge in [-0.1, -0.05) is 17.4 Å². The van der Waals surface area contributed by atoms with Crippen LogP contribution in [0, 0.1) is 6.92 Å². The molecule has 1 unspecified atom stereocenters. The van der Waals surface area contributed by atoms with E-state index in [4.69, 9.17) is 4.74 Å². The summed E-state index contributed by atoms with van der Waals surface area (Å²) >= 11 is 0.903. The Hall–Kier alpha value is -2.67. The van der Waals surface area contributed by atoms with E-state index < -0.39 is 44.5 Å². The summed E-state index contributed by atoms with van der Waals surface area (Å²) < 4.78 is 68.5. The number of esters is 1. The Morgan fingerprint density at radius 1 is 1.29 bits per heavy atom. The van der Waals surface area contributed by atoms with Crippen LogP contribution >= 0.6 is 11.3 Å². The van der Waals surface area contributed by atoms with Crippen molar-refractivity contribution in [1.29, 1.82) is 0 Å². The molecular weight excluding hydrogens is 459 g/mol. The minimum Gasteiger partial charge on any atom is -0.464 e. The first-order chi connectivity index (χ1) is 14.2. The number of urea groups is 1. The molecule has 0 aliphatic heterocycles. The average Bonchev–Trinajstić information content (AvgIpc) is 2.99. The van der Waals surface area contributed by atoms with Gasteiger partial charge in [0.05, 0.1) is 27.6 Å². The summed E-state index contributed by atoms with van der Waals surface area (Å²) in [4.78, 5) is 27.2. The molecule has 0 aliphatic carbocycles. The predicted molar refractivity (Wildman–Crippen MR) is 109 cm³/mol. The van der Waals surface area contributed by atoms with Gasteiger partial charge in [0.25, 0.3) is 0 Å². The summed E-state index contributed by atoms with van der Waals surface area (Å²) in [7, 11) is -4.09. The fourth-order valence-corrected chi connectivity index (χ4v) is 4.44. The van der Waals surface area contributed by atoms with Crippen LogP contribution in [0.5, 0.6) is 0 Å². The van der Waals surface area contributed by atoms with Gasteiger partial charge in [0.15, 0.2) is 15.0 Å². The number of carbonyl (C=O) groups excluding carboxylic acids is 2. The minimum absolute atomic E-state index is 0.0850. The van der Waals surface area contributed by atoms with Gasteiger partial charge < -0.3 is 10.1 Å². The molecule has 31 heavy (non-hydrogen) atoms. The van der Waals surface area contributed by atoms with E-state index >= 15 is 0 Å². The number of carbonyl (C=O) groups is 2. The van der Waals surface area contributed by atoms with E-state index in [0.717, 1.165) is 23.5 Å². The van der Waals surface area contributed by atoms with E-state index in [1.165, 1.54) is 19.9 Å². The molecule has 2 aromatic rings. The first-order valence-electron chi connectivity index (χ1n) is 8.87. The van der Waals surface area contributed by atoms with E-state index in [1.807, 2.05) is 0 Å². The van der Waals surface area contributed by atoms with Crippen LogP contribution < -0.4 is 10.6 Å². The molecule has 1 aromatic heterocycles. The molecule has 2 N–H and O–H groups in total. The Kier molecular flexibility index (Phi) is 7.32. The molecule has 1 atom stereocenters. The molecule has 0 saturated heterocycles. The normalized spacial score (nSPS) is 12.9. The lowest BCUT2D eigenvalue weighted by atomic mass is 10.1. The number of thiazole rings is 1. The van der Waals surface area contributed by atoms with Crippen LogP contribution in [-0.2, 0) is 25.5 Å². The van der Waals surface area contributed by atoms with Crippen LogP contribution in [-0.4, -0.2) is 44.3 Å². The third kappa shape index (κ3) is 6.17. The predicted octanol–water partition coefficient (Wildman–Crippen LogP) is 3.61. The third-order valence-corrected chi connectivity index (χ3v) is 6.23. The lowest BCUT2D eigenvalue weighted by Gasteiger charge is -2.13. The van der Waals surface area contributed by atoms with E-state index in [0.29, 0.717) is 16.8 Å². The molecule has 1 heterocycles. The first kappa shape index (κ1) is 24.6. The molecule has 8 nitrogen and oxygen atoms in total. The fraction of sp³-hybridized carbons (Fsp3) is 0.389. The third-order valence-electron chi connectivity index (χ3n) is 3.95. The quantitative estimate of drug-likeness (QED) is 0.612.